The second-order valence-corrected chi connectivity index (χ2v) is 11.0. The van der Waals surface area contributed by atoms with Crippen molar-refractivity contribution in [3.63, 3.8) is 0 Å². The van der Waals surface area contributed by atoms with Gasteiger partial charge >= 0.3 is 11.9 Å². The zero-order chi connectivity index (χ0) is 26.7. The molecule has 2 heterocycles. The van der Waals surface area contributed by atoms with Gasteiger partial charge in [0, 0.05) is 53.3 Å². The highest BCUT2D eigenvalue weighted by Crippen LogP contribution is 2.39. The molecule has 0 bridgehead atoms. The average Bonchev–Trinajstić information content (AvgIpc) is 2.62. The molecule has 8 nitrogen and oxygen atoms in total. The number of hydrogen-bond donors (Lipinski definition) is 2. The van der Waals surface area contributed by atoms with Crippen LogP contribution < -0.4 is 0 Å². The van der Waals surface area contributed by atoms with Crippen LogP contribution in [0, 0.1) is 0 Å². The van der Waals surface area contributed by atoms with Crippen LogP contribution in [0.25, 0.3) is 0 Å². The Morgan fingerprint density at radius 1 is 0.733 bits per heavy atom. The van der Waals surface area contributed by atoms with Gasteiger partial charge in [0.05, 0.1) is 12.7 Å². The van der Waals surface area contributed by atoms with Gasteiger partial charge in [-0.1, -0.05) is 0 Å². The molecule has 0 aliphatic carbocycles. The van der Waals surface area contributed by atoms with Crippen LogP contribution in [0.2, 0.25) is 0 Å². The maximum absolute atomic E-state index is 12.8. The van der Waals surface area contributed by atoms with Crippen molar-refractivity contribution in [2.45, 2.75) is 128 Å². The summed E-state index contributed by atoms with van der Waals surface area (Å²) < 4.78 is 43.2. The van der Waals surface area contributed by atoms with E-state index in [9.17, 15) is 20.0 Å². The van der Waals surface area contributed by atoms with E-state index < -0.39 is 59.0 Å². The van der Waals surface area contributed by atoms with Crippen molar-refractivity contribution in [2.75, 3.05) is 0 Å². The van der Waals surface area contributed by atoms with Crippen LogP contribution in [-0.2, 0) is 19.1 Å². The molecule has 0 radical (unpaired) electrons. The van der Waals surface area contributed by atoms with E-state index in [1.165, 1.54) is 10.1 Å². The monoisotopic (exact) mass is 432 g/mol. The topological polar surface area (TPSA) is 99.5 Å². The number of carbonyl (C=O) groups excluding carboxylic acids is 2. The van der Waals surface area contributed by atoms with Crippen molar-refractivity contribution in [1.29, 1.82) is 0 Å². The summed E-state index contributed by atoms with van der Waals surface area (Å²) in [5.41, 5.74) is -3.06. The number of ether oxygens (including phenoxy) is 2. The Balaban J connectivity index is 2.15. The molecule has 2 N–H and O–H groups in total. The Morgan fingerprint density at radius 2 is 0.967 bits per heavy atom. The molecule has 0 aromatic carbocycles. The van der Waals surface area contributed by atoms with Crippen molar-refractivity contribution in [1.82, 2.24) is 10.1 Å². The molecule has 30 heavy (non-hydrogen) atoms. The van der Waals surface area contributed by atoms with Crippen LogP contribution in [0.3, 0.4) is 0 Å². The molecule has 174 valence electrons. The van der Waals surface area contributed by atoms with Crippen molar-refractivity contribution >= 4 is 11.9 Å². The molecule has 0 unspecified atom stereocenters. The van der Waals surface area contributed by atoms with Gasteiger partial charge in [-0.25, -0.2) is 0 Å². The Labute approximate surface area is 186 Å². The lowest BCUT2D eigenvalue weighted by Crippen LogP contribution is -2.60. The first-order valence-electron chi connectivity index (χ1n) is 12.4. The third-order valence-corrected chi connectivity index (χ3v) is 6.02. The maximum atomic E-state index is 12.8. The van der Waals surface area contributed by atoms with Crippen LogP contribution >= 0.6 is 0 Å². The van der Waals surface area contributed by atoms with Gasteiger partial charge in [-0.2, -0.15) is 10.1 Å². The van der Waals surface area contributed by atoms with Crippen LogP contribution in [0.5, 0.6) is 0 Å². The molecular weight excluding hydrogens is 388 g/mol. The van der Waals surface area contributed by atoms with Crippen LogP contribution in [0.15, 0.2) is 0 Å². The standard InChI is InChI=1S/C22H40N2O6/c1-19(2)11-15(12-20(3,4)23(19)27)29-17(25)9-10-18(26)30-16-13-21(5,6)24(28)22(7,8)14-16/h15-16,27-28H,9-14H2,1-8H3/i9D2,10D2. The Bertz CT molecular complexity index is 713. The number of carbonyl (C=O) groups is 2. The molecule has 0 atom stereocenters. The zero-order valence-corrected chi connectivity index (χ0v) is 19.4. The fourth-order valence-electron chi connectivity index (χ4n) is 4.99. The average molecular weight is 433 g/mol. The lowest BCUT2D eigenvalue weighted by Gasteiger charge is -2.51. The van der Waals surface area contributed by atoms with E-state index in [4.69, 9.17) is 15.0 Å². The van der Waals surface area contributed by atoms with Crippen LogP contribution in [0.1, 0.15) is 99.3 Å². The minimum atomic E-state index is -3.31. The summed E-state index contributed by atoms with van der Waals surface area (Å²) in [6, 6.07) is 0. The van der Waals surface area contributed by atoms with Crippen molar-refractivity contribution in [2.24, 2.45) is 0 Å². The fourth-order valence-corrected chi connectivity index (χ4v) is 4.99. The van der Waals surface area contributed by atoms with E-state index in [1.807, 2.05) is 0 Å². The lowest BCUT2D eigenvalue weighted by molar-refractivity contribution is -0.260. The van der Waals surface area contributed by atoms with Crippen molar-refractivity contribution in [3.05, 3.63) is 0 Å². The van der Waals surface area contributed by atoms with E-state index in [1.54, 1.807) is 55.4 Å². The van der Waals surface area contributed by atoms with Gasteiger partial charge in [-0.05, 0) is 55.4 Å². The van der Waals surface area contributed by atoms with Crippen LogP contribution in [0.4, 0.5) is 0 Å². The van der Waals surface area contributed by atoms with E-state index in [0.29, 0.717) is 0 Å². The largest absolute Gasteiger partial charge is 0.462 e. The highest BCUT2D eigenvalue weighted by Gasteiger charge is 2.47. The zero-order valence-electron chi connectivity index (χ0n) is 23.4. The number of hydrogen-bond acceptors (Lipinski definition) is 8. The van der Waals surface area contributed by atoms with Gasteiger partial charge < -0.3 is 19.9 Å². The minimum Gasteiger partial charge on any atom is -0.462 e. The van der Waals surface area contributed by atoms with Crippen molar-refractivity contribution in [3.8, 4) is 0 Å². The van der Waals surface area contributed by atoms with Gasteiger partial charge in [0.1, 0.15) is 12.2 Å². The molecule has 0 saturated carbocycles. The van der Waals surface area contributed by atoms with Gasteiger partial charge in [0.25, 0.3) is 0 Å². The van der Waals surface area contributed by atoms with Gasteiger partial charge in [-0.15, -0.1) is 0 Å². The van der Waals surface area contributed by atoms with Crippen LogP contribution in [-0.4, -0.2) is 66.8 Å². The smallest absolute Gasteiger partial charge is 0.306 e. The molecule has 8 heteroatoms. The van der Waals surface area contributed by atoms with E-state index in [2.05, 4.69) is 0 Å². The highest BCUT2D eigenvalue weighted by atomic mass is 16.6. The molecule has 2 aliphatic rings. The summed E-state index contributed by atoms with van der Waals surface area (Å²) in [5, 5.41) is 23.2. The van der Waals surface area contributed by atoms with Gasteiger partial charge in [0.15, 0.2) is 0 Å². The molecule has 0 aromatic heterocycles. The number of piperidine rings is 2. The molecular formula is C22H40N2O6. The quantitative estimate of drug-likeness (QED) is 0.635. The van der Waals surface area contributed by atoms with E-state index in [0.717, 1.165) is 0 Å². The number of rotatable bonds is 5. The molecule has 0 spiro atoms. The normalized spacial score (nSPS) is 29.8. The number of hydroxylamine groups is 4. The molecule has 0 aromatic rings. The summed E-state index contributed by atoms with van der Waals surface area (Å²) in [6.45, 7) is 14.0. The highest BCUT2D eigenvalue weighted by molar-refractivity contribution is 5.77. The first-order valence-corrected chi connectivity index (χ1v) is 10.4. The summed E-state index contributed by atoms with van der Waals surface area (Å²) >= 11 is 0. The molecule has 0 amide bonds. The second-order valence-electron chi connectivity index (χ2n) is 11.0. The first kappa shape index (κ1) is 19.5. The third kappa shape index (κ3) is 5.72. The lowest BCUT2D eigenvalue weighted by atomic mass is 9.80. The summed E-state index contributed by atoms with van der Waals surface area (Å²) in [5.74, 6) is -2.99. The maximum Gasteiger partial charge on any atom is 0.306 e. The molecule has 2 rings (SSSR count). The number of esters is 2. The fraction of sp³-hybridized carbons (Fsp3) is 0.909. The Kier molecular flexibility index (Phi) is 5.43. The summed E-state index contributed by atoms with van der Waals surface area (Å²) in [4.78, 5) is 25.5. The third-order valence-electron chi connectivity index (χ3n) is 6.02. The van der Waals surface area contributed by atoms with E-state index >= 15 is 0 Å². The second kappa shape index (κ2) is 8.37. The molecule has 2 aliphatic heterocycles. The first-order chi connectivity index (χ1) is 15.0. The Hall–Kier alpha value is -1.22. The predicted molar refractivity (Wildman–Crippen MR) is 111 cm³/mol. The Morgan fingerprint density at radius 3 is 1.20 bits per heavy atom. The van der Waals surface area contributed by atoms with Gasteiger partial charge in [-0.3, -0.25) is 9.59 Å². The predicted octanol–water partition coefficient (Wildman–Crippen LogP) is 3.67. The SMILES string of the molecule is [2H]C([2H])(C(=O)OC1CC(C)(C)N(O)C(C)(C)C1)C([2H])([2H])C(=O)OC1CC(C)(C)N(O)C(C)(C)C1. The molecule has 2 fully saturated rings. The van der Waals surface area contributed by atoms with Gasteiger partial charge in [0.2, 0.25) is 0 Å². The van der Waals surface area contributed by atoms with Crippen molar-refractivity contribution < 1.29 is 35.0 Å². The summed E-state index contributed by atoms with van der Waals surface area (Å²) in [7, 11) is 0. The number of nitrogens with zero attached hydrogens (tertiary/aromatic N) is 2. The van der Waals surface area contributed by atoms with E-state index in [-0.39, 0.29) is 25.7 Å². The minimum absolute atomic E-state index is 0.200. The molecule has 2 saturated heterocycles. The summed E-state index contributed by atoms with van der Waals surface area (Å²) in [6.07, 6.45) is -7.37.